The Morgan fingerprint density at radius 1 is 1.06 bits per heavy atom. The quantitative estimate of drug-likeness (QED) is 0.483. The highest BCUT2D eigenvalue weighted by molar-refractivity contribution is 6.03. The predicted molar refractivity (Wildman–Crippen MR) is 139 cm³/mol. The van der Waals surface area contributed by atoms with E-state index in [1.54, 1.807) is 17.0 Å². The number of hydrogen-bond acceptors (Lipinski definition) is 6. The number of H-pyrrole nitrogens is 1. The summed E-state index contributed by atoms with van der Waals surface area (Å²) in [5, 5.41) is 22.5. The molecule has 1 aromatic heterocycles. The van der Waals surface area contributed by atoms with E-state index in [1.165, 1.54) is 19.3 Å². The van der Waals surface area contributed by atoms with Crippen LogP contribution in [0.1, 0.15) is 66.4 Å². The Kier molecular flexibility index (Phi) is 6.21. The summed E-state index contributed by atoms with van der Waals surface area (Å²) >= 11 is 0. The van der Waals surface area contributed by atoms with Gasteiger partial charge in [-0.2, -0.15) is 5.10 Å². The van der Waals surface area contributed by atoms with E-state index in [0.29, 0.717) is 24.7 Å². The molecule has 8 nitrogen and oxygen atoms in total. The number of anilines is 1. The SMILES string of the molecule is CN1CCC(Oc2ccc3c(c2)CN(C(=O)c2cc4c(NC5CCCCC5)n[nH]c4cc2O)C3)CC1. The Morgan fingerprint density at radius 2 is 1.83 bits per heavy atom. The normalized spacial score (nSPS) is 19.5. The topological polar surface area (TPSA) is 93.7 Å². The van der Waals surface area contributed by atoms with Crippen LogP contribution in [-0.2, 0) is 13.1 Å². The van der Waals surface area contributed by atoms with Crippen LogP contribution in [0.5, 0.6) is 11.5 Å². The first kappa shape index (κ1) is 23.2. The van der Waals surface area contributed by atoms with Gasteiger partial charge in [-0.1, -0.05) is 25.3 Å². The Hall–Kier alpha value is -3.26. The second kappa shape index (κ2) is 9.65. The highest BCUT2D eigenvalue weighted by Gasteiger charge is 2.28. The van der Waals surface area contributed by atoms with Crippen LogP contribution in [0.15, 0.2) is 30.3 Å². The Balaban J connectivity index is 1.17. The largest absolute Gasteiger partial charge is 0.507 e. The molecule has 0 spiro atoms. The summed E-state index contributed by atoms with van der Waals surface area (Å²) in [5.41, 5.74) is 3.27. The van der Waals surface area contributed by atoms with Gasteiger partial charge in [0, 0.05) is 43.7 Å². The zero-order chi connectivity index (χ0) is 24.6. The Labute approximate surface area is 211 Å². The van der Waals surface area contributed by atoms with Crippen LogP contribution in [0.2, 0.25) is 0 Å². The number of hydrogen-bond donors (Lipinski definition) is 3. The molecule has 8 heteroatoms. The van der Waals surface area contributed by atoms with Crippen molar-refractivity contribution in [2.24, 2.45) is 0 Å². The van der Waals surface area contributed by atoms with Gasteiger partial charge in [-0.3, -0.25) is 9.89 Å². The molecule has 0 atom stereocenters. The van der Waals surface area contributed by atoms with Crippen LogP contribution in [0.3, 0.4) is 0 Å². The van der Waals surface area contributed by atoms with Crippen LogP contribution < -0.4 is 10.1 Å². The van der Waals surface area contributed by atoms with Crippen LogP contribution in [0.4, 0.5) is 5.82 Å². The van der Waals surface area contributed by atoms with Crippen molar-refractivity contribution >= 4 is 22.6 Å². The molecule has 3 heterocycles. The molecule has 3 N–H and O–H groups in total. The number of benzene rings is 2. The number of carbonyl (C=O) groups excluding carboxylic acids is 1. The van der Waals surface area contributed by atoms with Gasteiger partial charge in [0.15, 0.2) is 5.82 Å². The summed E-state index contributed by atoms with van der Waals surface area (Å²) in [6.07, 6.45) is 8.32. The zero-order valence-corrected chi connectivity index (χ0v) is 20.9. The lowest BCUT2D eigenvalue weighted by Crippen LogP contribution is -2.35. The van der Waals surface area contributed by atoms with Gasteiger partial charge in [-0.25, -0.2) is 0 Å². The first-order valence-electron chi connectivity index (χ1n) is 13.3. The van der Waals surface area contributed by atoms with Crippen LogP contribution in [0, 0.1) is 0 Å². The standard InChI is InChI=1S/C28H35N5O3/c1-32-11-9-21(10-12-32)36-22-8-7-18-16-33(17-19(18)13-22)28(35)24-14-23-25(15-26(24)34)30-31-27(23)29-20-5-3-2-4-6-20/h7-8,13-15,20-21,34H,2-6,9-12,16-17H2,1H3,(H2,29,30,31). The number of likely N-dealkylation sites (tertiary alicyclic amines) is 1. The lowest BCUT2D eigenvalue weighted by Gasteiger charge is -2.29. The van der Waals surface area contributed by atoms with Crippen LogP contribution in [-0.4, -0.2) is 63.3 Å². The van der Waals surface area contributed by atoms with Gasteiger partial charge in [0.1, 0.15) is 17.6 Å². The molecule has 6 rings (SSSR count). The highest BCUT2D eigenvalue weighted by Crippen LogP contribution is 2.34. The lowest BCUT2D eigenvalue weighted by molar-refractivity contribution is 0.0748. The molecule has 3 aromatic rings. The van der Waals surface area contributed by atoms with Gasteiger partial charge in [0.2, 0.25) is 0 Å². The highest BCUT2D eigenvalue weighted by atomic mass is 16.5. The first-order chi connectivity index (χ1) is 17.5. The van der Waals surface area contributed by atoms with E-state index in [0.717, 1.165) is 72.4 Å². The number of piperidine rings is 1. The molecule has 2 aromatic carbocycles. The number of nitrogens with zero attached hydrogens (tertiary/aromatic N) is 3. The number of aromatic nitrogens is 2. The third-order valence-electron chi connectivity index (χ3n) is 8.01. The number of aromatic amines is 1. The molecule has 0 unspecified atom stereocenters. The van der Waals surface area contributed by atoms with E-state index in [4.69, 9.17) is 4.74 Å². The number of amides is 1. The molecule has 2 fully saturated rings. The summed E-state index contributed by atoms with van der Waals surface area (Å²) in [6, 6.07) is 9.95. The number of phenols is 1. The minimum Gasteiger partial charge on any atom is -0.507 e. The number of rotatable bonds is 5. The van der Waals surface area contributed by atoms with Crippen LogP contribution in [0.25, 0.3) is 10.9 Å². The van der Waals surface area contributed by atoms with Crippen molar-refractivity contribution in [3.63, 3.8) is 0 Å². The van der Waals surface area contributed by atoms with Gasteiger partial charge in [-0.15, -0.1) is 0 Å². The van der Waals surface area contributed by atoms with E-state index in [1.807, 2.05) is 6.07 Å². The minimum atomic E-state index is -0.173. The van der Waals surface area contributed by atoms with Gasteiger partial charge in [-0.05, 0) is 62.1 Å². The average molecular weight is 490 g/mol. The summed E-state index contributed by atoms with van der Waals surface area (Å²) in [4.78, 5) is 17.6. The molecule has 1 saturated carbocycles. The molecule has 0 bridgehead atoms. The van der Waals surface area contributed by atoms with E-state index < -0.39 is 0 Å². The van der Waals surface area contributed by atoms with Crippen molar-refractivity contribution in [2.45, 2.75) is 70.2 Å². The van der Waals surface area contributed by atoms with Crippen molar-refractivity contribution < 1.29 is 14.6 Å². The van der Waals surface area contributed by atoms with E-state index >= 15 is 0 Å². The fraction of sp³-hybridized carbons (Fsp3) is 0.500. The second-order valence-corrected chi connectivity index (χ2v) is 10.7. The maximum Gasteiger partial charge on any atom is 0.258 e. The van der Waals surface area contributed by atoms with Crippen molar-refractivity contribution in [1.29, 1.82) is 0 Å². The molecule has 1 aliphatic carbocycles. The molecular weight excluding hydrogens is 454 g/mol. The molecule has 36 heavy (non-hydrogen) atoms. The van der Waals surface area contributed by atoms with Crippen molar-refractivity contribution in [3.05, 3.63) is 47.0 Å². The van der Waals surface area contributed by atoms with Gasteiger partial charge >= 0.3 is 0 Å². The van der Waals surface area contributed by atoms with Crippen LogP contribution >= 0.6 is 0 Å². The van der Waals surface area contributed by atoms with E-state index in [2.05, 4.69) is 39.6 Å². The van der Waals surface area contributed by atoms with Gasteiger partial charge < -0.3 is 25.0 Å². The molecule has 190 valence electrons. The average Bonchev–Trinajstić information content (AvgIpc) is 3.48. The molecular formula is C28H35N5O3. The summed E-state index contributed by atoms with van der Waals surface area (Å²) < 4.78 is 6.26. The van der Waals surface area contributed by atoms with Crippen molar-refractivity contribution in [2.75, 3.05) is 25.5 Å². The van der Waals surface area contributed by atoms with Crippen molar-refractivity contribution in [3.8, 4) is 11.5 Å². The smallest absolute Gasteiger partial charge is 0.258 e. The number of nitrogens with one attached hydrogen (secondary N) is 2. The number of carbonyl (C=O) groups is 1. The number of phenolic OH excluding ortho intramolecular Hbond substituents is 1. The summed E-state index contributed by atoms with van der Waals surface area (Å²) in [6.45, 7) is 3.15. The molecule has 1 amide bonds. The molecule has 2 aliphatic heterocycles. The molecule has 3 aliphatic rings. The summed E-state index contributed by atoms with van der Waals surface area (Å²) in [5.74, 6) is 1.43. The zero-order valence-electron chi connectivity index (χ0n) is 20.9. The maximum absolute atomic E-state index is 13.5. The lowest BCUT2D eigenvalue weighted by atomic mass is 9.95. The third-order valence-corrected chi connectivity index (χ3v) is 8.01. The van der Waals surface area contributed by atoms with E-state index in [-0.39, 0.29) is 17.8 Å². The first-order valence-corrected chi connectivity index (χ1v) is 13.3. The fourth-order valence-corrected chi connectivity index (χ4v) is 5.83. The third kappa shape index (κ3) is 4.62. The Morgan fingerprint density at radius 3 is 2.64 bits per heavy atom. The predicted octanol–water partition coefficient (Wildman–Crippen LogP) is 4.64. The number of aromatic hydroxyl groups is 1. The van der Waals surface area contributed by atoms with Gasteiger partial charge in [0.05, 0.1) is 11.1 Å². The summed E-state index contributed by atoms with van der Waals surface area (Å²) in [7, 11) is 2.15. The van der Waals surface area contributed by atoms with Gasteiger partial charge in [0.25, 0.3) is 5.91 Å². The van der Waals surface area contributed by atoms with Crippen molar-refractivity contribution in [1.82, 2.24) is 20.0 Å². The Bertz CT molecular complexity index is 1260. The van der Waals surface area contributed by atoms with E-state index in [9.17, 15) is 9.90 Å². The fourth-order valence-electron chi connectivity index (χ4n) is 5.83. The molecule has 1 saturated heterocycles. The number of ether oxygens (including phenoxy) is 1. The minimum absolute atomic E-state index is 0.0254. The maximum atomic E-state index is 13.5. The second-order valence-electron chi connectivity index (χ2n) is 10.7. The number of fused-ring (bicyclic) bond motifs is 2. The molecule has 0 radical (unpaired) electrons. The monoisotopic (exact) mass is 489 g/mol.